The minimum absolute atomic E-state index is 0. The van der Waals surface area contributed by atoms with Crippen molar-refractivity contribution in [3.63, 3.8) is 0 Å². The Morgan fingerprint density at radius 1 is 1.27 bits per heavy atom. The lowest BCUT2D eigenvalue weighted by Crippen LogP contribution is -1.79. The zero-order valence-electron chi connectivity index (χ0n) is 10.9. The maximum absolute atomic E-state index is 8.18. The Bertz CT molecular complexity index is 118. The second-order valence-corrected chi connectivity index (χ2v) is 3.82. The van der Waals surface area contributed by atoms with Crippen molar-refractivity contribution in [2.75, 3.05) is 6.61 Å². The molecule has 0 unspecified atom stereocenters. The Kier molecular flexibility index (Phi) is 23.4. The van der Waals surface area contributed by atoms with Crippen LogP contribution in [0.2, 0.25) is 0 Å². The maximum atomic E-state index is 8.18. The topological polar surface area (TPSA) is 20.2 Å². The van der Waals surface area contributed by atoms with Crippen molar-refractivity contribution in [2.45, 2.75) is 59.8 Å². The Labute approximate surface area is 113 Å². The summed E-state index contributed by atoms with van der Waals surface area (Å²) in [5.74, 6) is 1.05. The van der Waals surface area contributed by atoms with Crippen molar-refractivity contribution < 1.29 is 5.11 Å². The zero-order valence-corrected chi connectivity index (χ0v) is 13.2. The van der Waals surface area contributed by atoms with Crippen LogP contribution >= 0.6 is 24.0 Å². The normalized spacial score (nSPS) is 13.9. The van der Waals surface area contributed by atoms with Crippen LogP contribution in [0.1, 0.15) is 59.8 Å². The lowest BCUT2D eigenvalue weighted by Gasteiger charge is -1.91. The highest BCUT2D eigenvalue weighted by molar-refractivity contribution is 14.0. The summed E-state index contributed by atoms with van der Waals surface area (Å²) in [6, 6.07) is 0. The predicted octanol–water partition coefficient (Wildman–Crippen LogP) is 4.79. The summed E-state index contributed by atoms with van der Waals surface area (Å²) >= 11 is 0. The van der Waals surface area contributed by atoms with Gasteiger partial charge in [-0.1, -0.05) is 52.0 Å². The van der Waals surface area contributed by atoms with Crippen molar-refractivity contribution >= 4 is 24.0 Å². The Morgan fingerprint density at radius 3 is 1.73 bits per heavy atom. The van der Waals surface area contributed by atoms with Crippen molar-refractivity contribution in [3.8, 4) is 0 Å². The highest BCUT2D eigenvalue weighted by atomic mass is 127. The summed E-state index contributed by atoms with van der Waals surface area (Å²) in [6.45, 7) is 12.1. The van der Waals surface area contributed by atoms with Crippen LogP contribution in [-0.2, 0) is 0 Å². The number of rotatable bonds is 2. The monoisotopic (exact) mass is 328 g/mol. The lowest BCUT2D eigenvalue weighted by molar-refractivity contribution is 0.299. The van der Waals surface area contributed by atoms with E-state index in [9.17, 15) is 0 Å². The fraction of sp³-hybridized carbons (Fsp3) is 0.846. The molecule has 0 atom stereocenters. The van der Waals surface area contributed by atoms with E-state index < -0.39 is 0 Å². The molecule has 15 heavy (non-hydrogen) atoms. The molecule has 94 valence electrons. The molecule has 1 aliphatic rings. The molecule has 0 heterocycles. The minimum Gasteiger partial charge on any atom is -0.396 e. The van der Waals surface area contributed by atoms with Crippen LogP contribution in [-0.4, -0.2) is 11.7 Å². The Morgan fingerprint density at radius 2 is 1.67 bits per heavy atom. The van der Waals surface area contributed by atoms with E-state index in [1.165, 1.54) is 25.7 Å². The first-order valence-corrected chi connectivity index (χ1v) is 5.92. The molecule has 1 N–H and O–H groups in total. The maximum Gasteiger partial charge on any atom is 0.0467 e. The second kappa shape index (κ2) is 16.8. The molecule has 2 heteroatoms. The first-order valence-electron chi connectivity index (χ1n) is 5.92. The average Bonchev–Trinajstić information content (AvgIpc) is 2.60. The Balaban J connectivity index is -0.000000156. The summed E-state index contributed by atoms with van der Waals surface area (Å²) in [7, 11) is 0. The first kappa shape index (κ1) is 20.8. The molecule has 1 aliphatic carbocycles. The zero-order chi connectivity index (χ0) is 11.4. The second-order valence-electron chi connectivity index (χ2n) is 3.82. The van der Waals surface area contributed by atoms with Gasteiger partial charge in [0.15, 0.2) is 0 Å². The molecule has 1 saturated carbocycles. The van der Waals surface area contributed by atoms with Crippen LogP contribution in [0.4, 0.5) is 0 Å². The van der Waals surface area contributed by atoms with Crippen molar-refractivity contribution in [1.82, 2.24) is 0 Å². The van der Waals surface area contributed by atoms with Crippen LogP contribution in [0.15, 0.2) is 12.2 Å². The van der Waals surface area contributed by atoms with Gasteiger partial charge in [-0.25, -0.2) is 0 Å². The van der Waals surface area contributed by atoms with E-state index in [4.69, 9.17) is 5.11 Å². The van der Waals surface area contributed by atoms with Gasteiger partial charge in [-0.05, 0) is 19.3 Å². The van der Waals surface area contributed by atoms with Crippen LogP contribution < -0.4 is 0 Å². The van der Waals surface area contributed by atoms with E-state index in [1.807, 2.05) is 20.8 Å². The molecule has 0 bridgehead atoms. The van der Waals surface area contributed by atoms with E-state index in [2.05, 4.69) is 13.5 Å². The highest BCUT2D eigenvalue weighted by Crippen LogP contribution is 2.22. The van der Waals surface area contributed by atoms with Crippen molar-refractivity contribution in [1.29, 1.82) is 0 Å². The summed E-state index contributed by atoms with van der Waals surface area (Å²) in [5.41, 5.74) is 1.04. The molecule has 0 radical (unpaired) electrons. The van der Waals surface area contributed by atoms with Gasteiger partial charge in [0.1, 0.15) is 0 Å². The molecule has 0 spiro atoms. The Hall–Kier alpha value is 0.430. The van der Waals surface area contributed by atoms with Gasteiger partial charge in [-0.2, -0.15) is 0 Å². The summed E-state index contributed by atoms with van der Waals surface area (Å²) in [4.78, 5) is 0. The van der Waals surface area contributed by atoms with E-state index in [0.29, 0.717) is 0 Å². The number of hydrogen-bond acceptors (Lipinski definition) is 1. The molecule has 0 aliphatic heterocycles. The van der Waals surface area contributed by atoms with Gasteiger partial charge in [-0.15, -0.1) is 30.6 Å². The van der Waals surface area contributed by atoms with E-state index in [-0.39, 0.29) is 30.6 Å². The molecular formula is C13H29IO. The van der Waals surface area contributed by atoms with Crippen LogP contribution in [0, 0.1) is 5.92 Å². The van der Waals surface area contributed by atoms with Gasteiger partial charge in [0.25, 0.3) is 0 Å². The molecule has 0 aromatic carbocycles. The van der Waals surface area contributed by atoms with Gasteiger partial charge in [0, 0.05) is 6.61 Å². The highest BCUT2D eigenvalue weighted by Gasteiger charge is 2.07. The third-order valence-electron chi connectivity index (χ3n) is 2.18. The quantitative estimate of drug-likeness (QED) is 0.571. The third-order valence-corrected chi connectivity index (χ3v) is 2.18. The molecule has 0 amide bonds. The van der Waals surface area contributed by atoms with Gasteiger partial charge >= 0.3 is 0 Å². The summed E-state index contributed by atoms with van der Waals surface area (Å²) in [5, 5.41) is 8.18. The molecule has 0 saturated heterocycles. The minimum atomic E-state index is 0. The number of aliphatic hydroxyl groups excluding tert-OH is 1. The first-order chi connectivity index (χ1) is 6.66. The largest absolute Gasteiger partial charge is 0.396 e. The van der Waals surface area contributed by atoms with Crippen LogP contribution in [0.5, 0.6) is 0 Å². The smallest absolute Gasteiger partial charge is 0.0467 e. The van der Waals surface area contributed by atoms with Gasteiger partial charge < -0.3 is 5.11 Å². The van der Waals surface area contributed by atoms with Crippen LogP contribution in [0.3, 0.4) is 0 Å². The molecule has 0 aromatic heterocycles. The van der Waals surface area contributed by atoms with Gasteiger partial charge in [-0.3, -0.25) is 0 Å². The molecule has 1 nitrogen and oxygen atoms in total. The molecule has 0 aromatic rings. The lowest BCUT2D eigenvalue weighted by atomic mass is 10.2. The number of aliphatic hydroxyl groups is 1. The summed E-state index contributed by atoms with van der Waals surface area (Å²) in [6.07, 6.45) is 6.68. The SMILES string of the molecule is C=C(C)CCO.CC.CC1CCCC1.I. The molecular weight excluding hydrogens is 299 g/mol. The van der Waals surface area contributed by atoms with Crippen molar-refractivity contribution in [2.24, 2.45) is 5.92 Å². The predicted molar refractivity (Wildman–Crippen MR) is 80.9 cm³/mol. The van der Waals surface area contributed by atoms with Gasteiger partial charge in [0.05, 0.1) is 0 Å². The fourth-order valence-electron chi connectivity index (χ4n) is 1.32. The van der Waals surface area contributed by atoms with Crippen LogP contribution in [0.25, 0.3) is 0 Å². The van der Waals surface area contributed by atoms with Gasteiger partial charge in [0.2, 0.25) is 0 Å². The average molecular weight is 328 g/mol. The summed E-state index contributed by atoms with van der Waals surface area (Å²) < 4.78 is 0. The number of hydrogen-bond donors (Lipinski definition) is 1. The van der Waals surface area contributed by atoms with E-state index in [1.54, 1.807) is 0 Å². The standard InChI is InChI=1S/C6H12.C5H10O.C2H6.HI/c1-6-4-2-3-5-6;1-5(2)3-4-6;1-2;/h6H,2-5H2,1H3;6H,1,3-4H2,2H3;1-2H3;1H. The molecule has 1 rings (SSSR count). The van der Waals surface area contributed by atoms with E-state index >= 15 is 0 Å². The van der Waals surface area contributed by atoms with E-state index in [0.717, 1.165) is 17.9 Å². The fourth-order valence-corrected chi connectivity index (χ4v) is 1.32. The van der Waals surface area contributed by atoms with Crippen molar-refractivity contribution in [3.05, 3.63) is 12.2 Å². The number of halogens is 1. The third kappa shape index (κ3) is 20.5. The molecule has 1 fully saturated rings.